The number of ether oxygens (including phenoxy) is 1. The Labute approximate surface area is 147 Å². The fourth-order valence-electron chi connectivity index (χ4n) is 2.22. The molecule has 0 unspecified atom stereocenters. The Kier molecular flexibility index (Phi) is 5.17. The summed E-state index contributed by atoms with van der Waals surface area (Å²) in [5.41, 5.74) is 3.82. The van der Waals surface area contributed by atoms with E-state index in [0.29, 0.717) is 0 Å². The molecule has 0 aliphatic carbocycles. The van der Waals surface area contributed by atoms with Crippen LogP contribution in [0.5, 0.6) is 11.5 Å². The third-order valence-corrected chi connectivity index (χ3v) is 3.63. The van der Waals surface area contributed by atoms with E-state index in [1.54, 1.807) is 0 Å². The van der Waals surface area contributed by atoms with Crippen molar-refractivity contribution in [1.29, 1.82) is 0 Å². The second-order valence-corrected chi connectivity index (χ2v) is 5.38. The standard InChI is InChI=1S/C22H18N2O/c1-3-17-4-6-18(7-5-17)16-24-20-10-14-22(15-11-20)25-21-12-8-19(23-2)9-13-21/h3-16H,1-2H2. The molecule has 0 saturated carbocycles. The average molecular weight is 326 g/mol. The number of hydrogen-bond donors (Lipinski definition) is 0. The lowest BCUT2D eigenvalue weighted by Crippen LogP contribution is -1.83. The maximum Gasteiger partial charge on any atom is 0.127 e. The molecular formula is C22H18N2O. The van der Waals surface area contributed by atoms with Crippen LogP contribution in [0.15, 0.2) is 89.4 Å². The monoisotopic (exact) mass is 326 g/mol. The second kappa shape index (κ2) is 7.88. The van der Waals surface area contributed by atoms with Gasteiger partial charge in [-0.15, -0.1) is 0 Å². The van der Waals surface area contributed by atoms with Crippen molar-refractivity contribution in [2.24, 2.45) is 9.98 Å². The first-order valence-corrected chi connectivity index (χ1v) is 7.88. The van der Waals surface area contributed by atoms with Crippen molar-refractivity contribution >= 4 is 30.4 Å². The van der Waals surface area contributed by atoms with Gasteiger partial charge < -0.3 is 4.74 Å². The lowest BCUT2D eigenvalue weighted by Gasteiger charge is -2.06. The quantitative estimate of drug-likeness (QED) is 0.496. The molecule has 3 rings (SSSR count). The average Bonchev–Trinajstić information content (AvgIpc) is 2.68. The molecule has 0 saturated heterocycles. The summed E-state index contributed by atoms with van der Waals surface area (Å²) in [6, 6.07) is 23.1. The van der Waals surface area contributed by atoms with Gasteiger partial charge in [-0.1, -0.05) is 36.9 Å². The van der Waals surface area contributed by atoms with Crippen LogP contribution in [0, 0.1) is 0 Å². The van der Waals surface area contributed by atoms with E-state index in [-0.39, 0.29) is 0 Å². The van der Waals surface area contributed by atoms with Crippen molar-refractivity contribution in [3.05, 3.63) is 90.5 Å². The topological polar surface area (TPSA) is 34.0 Å². The van der Waals surface area contributed by atoms with Crippen LogP contribution in [-0.4, -0.2) is 12.9 Å². The van der Waals surface area contributed by atoms with Crippen molar-refractivity contribution in [1.82, 2.24) is 0 Å². The van der Waals surface area contributed by atoms with Gasteiger partial charge in [0, 0.05) is 6.21 Å². The summed E-state index contributed by atoms with van der Waals surface area (Å²) in [6.07, 6.45) is 3.66. The van der Waals surface area contributed by atoms with Crippen LogP contribution in [0.3, 0.4) is 0 Å². The van der Waals surface area contributed by atoms with E-state index in [1.807, 2.05) is 85.1 Å². The molecule has 3 heteroatoms. The van der Waals surface area contributed by atoms with Gasteiger partial charge in [0.1, 0.15) is 11.5 Å². The zero-order valence-electron chi connectivity index (χ0n) is 13.8. The van der Waals surface area contributed by atoms with Crippen LogP contribution >= 0.6 is 0 Å². The molecule has 0 atom stereocenters. The van der Waals surface area contributed by atoms with Crippen LogP contribution in [0.2, 0.25) is 0 Å². The van der Waals surface area contributed by atoms with E-state index < -0.39 is 0 Å². The van der Waals surface area contributed by atoms with Gasteiger partial charge in [0.05, 0.1) is 11.4 Å². The van der Waals surface area contributed by atoms with Gasteiger partial charge in [0.15, 0.2) is 0 Å². The van der Waals surface area contributed by atoms with Crippen molar-refractivity contribution < 1.29 is 4.74 Å². The summed E-state index contributed by atoms with van der Waals surface area (Å²) in [7, 11) is 0. The normalized spacial score (nSPS) is 10.6. The van der Waals surface area contributed by atoms with Crippen molar-refractivity contribution in [3.8, 4) is 11.5 Å². The Hall–Kier alpha value is -3.46. The van der Waals surface area contributed by atoms with Gasteiger partial charge in [-0.25, -0.2) is 0 Å². The lowest BCUT2D eigenvalue weighted by molar-refractivity contribution is 0.483. The van der Waals surface area contributed by atoms with Gasteiger partial charge in [-0.3, -0.25) is 9.98 Å². The van der Waals surface area contributed by atoms with Crippen molar-refractivity contribution in [3.63, 3.8) is 0 Å². The predicted octanol–water partition coefficient (Wildman–Crippen LogP) is 6.20. The molecule has 0 bridgehead atoms. The van der Waals surface area contributed by atoms with E-state index in [0.717, 1.165) is 34.0 Å². The second-order valence-electron chi connectivity index (χ2n) is 5.38. The number of benzene rings is 3. The maximum absolute atomic E-state index is 5.80. The first kappa shape index (κ1) is 16.4. The first-order chi connectivity index (χ1) is 12.3. The maximum atomic E-state index is 5.80. The Bertz CT molecular complexity index is 877. The highest BCUT2D eigenvalue weighted by molar-refractivity contribution is 5.82. The van der Waals surface area contributed by atoms with Crippen LogP contribution in [0.25, 0.3) is 6.08 Å². The van der Waals surface area contributed by atoms with Crippen LogP contribution in [-0.2, 0) is 0 Å². The van der Waals surface area contributed by atoms with Gasteiger partial charge in [0.2, 0.25) is 0 Å². The zero-order valence-corrected chi connectivity index (χ0v) is 13.8. The van der Waals surface area contributed by atoms with E-state index in [2.05, 4.69) is 23.3 Å². The molecule has 0 heterocycles. The summed E-state index contributed by atoms with van der Waals surface area (Å²) in [4.78, 5) is 8.34. The highest BCUT2D eigenvalue weighted by Gasteiger charge is 1.98. The zero-order chi connectivity index (χ0) is 17.5. The Morgan fingerprint density at radius 2 is 1.20 bits per heavy atom. The summed E-state index contributed by atoms with van der Waals surface area (Å²) in [5.74, 6) is 1.51. The van der Waals surface area contributed by atoms with Crippen molar-refractivity contribution in [2.45, 2.75) is 0 Å². The molecule has 0 fully saturated rings. The van der Waals surface area contributed by atoms with E-state index in [1.165, 1.54) is 0 Å². The molecule has 3 nitrogen and oxygen atoms in total. The molecule has 0 aromatic heterocycles. The number of rotatable bonds is 6. The summed E-state index contributed by atoms with van der Waals surface area (Å²) < 4.78 is 5.80. The predicted molar refractivity (Wildman–Crippen MR) is 106 cm³/mol. The molecule has 122 valence electrons. The molecule has 3 aromatic rings. The summed E-state index contributed by atoms with van der Waals surface area (Å²) in [5, 5.41) is 0. The van der Waals surface area contributed by atoms with E-state index in [4.69, 9.17) is 4.74 Å². The number of aliphatic imine (C=N–C) groups is 2. The van der Waals surface area contributed by atoms with Gasteiger partial charge >= 0.3 is 0 Å². The lowest BCUT2D eigenvalue weighted by atomic mass is 10.1. The van der Waals surface area contributed by atoms with E-state index in [9.17, 15) is 0 Å². The Morgan fingerprint density at radius 3 is 1.72 bits per heavy atom. The SMILES string of the molecule is C=Cc1ccc(C=Nc2ccc(Oc3ccc(N=C)cc3)cc2)cc1. The highest BCUT2D eigenvalue weighted by Crippen LogP contribution is 2.25. The Morgan fingerprint density at radius 1 is 0.680 bits per heavy atom. The number of hydrogen-bond acceptors (Lipinski definition) is 3. The molecule has 0 aliphatic rings. The minimum atomic E-state index is 0.756. The van der Waals surface area contributed by atoms with E-state index >= 15 is 0 Å². The molecule has 25 heavy (non-hydrogen) atoms. The first-order valence-electron chi connectivity index (χ1n) is 7.88. The third kappa shape index (κ3) is 4.52. The largest absolute Gasteiger partial charge is 0.457 e. The van der Waals surface area contributed by atoms with Gasteiger partial charge in [0.25, 0.3) is 0 Å². The minimum absolute atomic E-state index is 0.756. The van der Waals surface area contributed by atoms with Crippen LogP contribution in [0.4, 0.5) is 11.4 Å². The molecular weight excluding hydrogens is 308 g/mol. The molecule has 0 aliphatic heterocycles. The fraction of sp³-hybridized carbons (Fsp3) is 0. The summed E-state index contributed by atoms with van der Waals surface area (Å²) in [6.45, 7) is 7.24. The highest BCUT2D eigenvalue weighted by atomic mass is 16.5. The molecule has 0 N–H and O–H groups in total. The number of nitrogens with zero attached hydrogens (tertiary/aromatic N) is 2. The van der Waals surface area contributed by atoms with Crippen LogP contribution < -0.4 is 4.74 Å². The fourth-order valence-corrected chi connectivity index (χ4v) is 2.22. The van der Waals surface area contributed by atoms with Gasteiger partial charge in [-0.2, -0.15) is 0 Å². The molecule has 0 amide bonds. The third-order valence-electron chi connectivity index (χ3n) is 3.63. The summed E-state index contributed by atoms with van der Waals surface area (Å²) >= 11 is 0. The van der Waals surface area contributed by atoms with Gasteiger partial charge in [-0.05, 0) is 66.4 Å². The van der Waals surface area contributed by atoms with Crippen LogP contribution in [0.1, 0.15) is 11.1 Å². The molecule has 3 aromatic carbocycles. The molecule has 0 radical (unpaired) electrons. The minimum Gasteiger partial charge on any atom is -0.457 e. The van der Waals surface area contributed by atoms with Crippen molar-refractivity contribution in [2.75, 3.05) is 0 Å². The smallest absolute Gasteiger partial charge is 0.127 e. The Balaban J connectivity index is 1.65. The molecule has 0 spiro atoms.